The lowest BCUT2D eigenvalue weighted by Crippen LogP contribution is -2.11. The van der Waals surface area contributed by atoms with Gasteiger partial charge < -0.3 is 19.3 Å². The average Bonchev–Trinajstić information content (AvgIpc) is 3.43. The van der Waals surface area contributed by atoms with Crippen LogP contribution in [0.4, 0.5) is 34.1 Å². The van der Waals surface area contributed by atoms with E-state index in [1.54, 1.807) is 0 Å². The van der Waals surface area contributed by atoms with E-state index in [0.717, 1.165) is 78.6 Å². The molecule has 0 fully saturated rings. The molecule has 4 heteroatoms. The Morgan fingerprint density at radius 3 is 0.914 bits per heavy atom. The van der Waals surface area contributed by atoms with Crippen molar-refractivity contribution in [3.63, 3.8) is 0 Å². The van der Waals surface area contributed by atoms with Crippen LogP contribution in [0.1, 0.15) is 0 Å². The van der Waals surface area contributed by atoms with Crippen LogP contribution in [-0.4, -0.2) is 0 Å². The van der Waals surface area contributed by atoms with Crippen LogP contribution in [0.3, 0.4) is 0 Å². The van der Waals surface area contributed by atoms with E-state index in [1.165, 1.54) is 0 Å². The number of hydrogen-bond acceptors (Lipinski definition) is 4. The van der Waals surface area contributed by atoms with E-state index in [0.29, 0.717) is 23.0 Å². The molecule has 4 nitrogen and oxygen atoms in total. The van der Waals surface area contributed by atoms with Crippen LogP contribution >= 0.6 is 0 Å². The van der Waals surface area contributed by atoms with Crippen LogP contribution in [0.2, 0.25) is 0 Å². The van der Waals surface area contributed by atoms with Gasteiger partial charge in [-0.2, -0.15) is 0 Å². The van der Waals surface area contributed by atoms with Crippen LogP contribution in [0, 0.1) is 0 Å². The van der Waals surface area contributed by atoms with Gasteiger partial charge >= 0.3 is 0 Å². The Balaban J connectivity index is 0.991. The highest BCUT2D eigenvalue weighted by Crippen LogP contribution is 2.46. The van der Waals surface area contributed by atoms with Gasteiger partial charge in [-0.1, -0.05) is 200 Å². The molecule has 0 spiro atoms. The Morgan fingerprint density at radius 1 is 0.200 bits per heavy atom. The van der Waals surface area contributed by atoms with Gasteiger partial charge in [-0.05, 0) is 106 Å². The van der Waals surface area contributed by atoms with Gasteiger partial charge in [0.25, 0.3) is 0 Å². The van der Waals surface area contributed by atoms with E-state index in [1.807, 2.05) is 36.4 Å². The molecular formula is C66H48N2O2. The summed E-state index contributed by atoms with van der Waals surface area (Å²) in [6.07, 6.45) is 0. The molecule has 0 bridgehead atoms. The quantitative estimate of drug-likeness (QED) is 0.109. The lowest BCUT2D eigenvalue weighted by Gasteiger charge is -2.29. The molecule has 0 aromatic heterocycles. The largest absolute Gasteiger partial charge is 0.457 e. The maximum absolute atomic E-state index is 6.91. The molecule has 70 heavy (non-hydrogen) atoms. The standard InChI is InChI=1S/C66H48N2O2/c1-7-24-49(25-8-1)53-42-57(67(55-32-15-5-16-33-55)65-40-21-19-38-63(65)51-28-11-3-12-29-51)46-61(44-53)69-59-36-23-37-60(48-59)70-62-45-54(50-26-9-2-10-27-50)43-58(47-62)68(56-34-17-6-18-35-56)66-41-22-20-39-64(66)52-30-13-4-14-31-52/h1-48H. The normalized spacial score (nSPS) is 10.9. The van der Waals surface area contributed by atoms with Crippen molar-refractivity contribution in [1.29, 1.82) is 0 Å². The summed E-state index contributed by atoms with van der Waals surface area (Å²) in [5, 5.41) is 0. The van der Waals surface area contributed by atoms with E-state index in [-0.39, 0.29) is 0 Å². The fourth-order valence-corrected chi connectivity index (χ4v) is 9.08. The Bertz CT molecular complexity index is 3250. The molecule has 11 rings (SSSR count). The second-order valence-corrected chi connectivity index (χ2v) is 17.0. The highest BCUT2D eigenvalue weighted by atomic mass is 16.5. The van der Waals surface area contributed by atoms with Gasteiger partial charge in [0.15, 0.2) is 0 Å². The van der Waals surface area contributed by atoms with Crippen molar-refractivity contribution in [2.75, 3.05) is 9.80 Å². The van der Waals surface area contributed by atoms with Gasteiger partial charge in [-0.15, -0.1) is 0 Å². The fourth-order valence-electron chi connectivity index (χ4n) is 9.08. The first-order chi connectivity index (χ1) is 34.7. The van der Waals surface area contributed by atoms with Crippen molar-refractivity contribution in [2.24, 2.45) is 0 Å². The highest BCUT2D eigenvalue weighted by Gasteiger charge is 2.21. The van der Waals surface area contributed by atoms with E-state index in [4.69, 9.17) is 9.47 Å². The predicted molar refractivity (Wildman–Crippen MR) is 291 cm³/mol. The van der Waals surface area contributed by atoms with Crippen molar-refractivity contribution in [1.82, 2.24) is 0 Å². The van der Waals surface area contributed by atoms with Crippen LogP contribution < -0.4 is 19.3 Å². The molecule has 0 atom stereocenters. The zero-order chi connectivity index (χ0) is 46.9. The van der Waals surface area contributed by atoms with Crippen molar-refractivity contribution in [2.45, 2.75) is 0 Å². The van der Waals surface area contributed by atoms with Gasteiger partial charge in [0.2, 0.25) is 0 Å². The molecule has 0 saturated heterocycles. The molecule has 11 aromatic carbocycles. The zero-order valence-corrected chi connectivity index (χ0v) is 38.4. The number of para-hydroxylation sites is 4. The highest BCUT2D eigenvalue weighted by molar-refractivity contribution is 5.91. The van der Waals surface area contributed by atoms with Gasteiger partial charge in [-0.3, -0.25) is 0 Å². The summed E-state index contributed by atoms with van der Waals surface area (Å²) in [6.45, 7) is 0. The molecule has 11 aromatic rings. The number of hydrogen-bond donors (Lipinski definition) is 0. The average molecular weight is 901 g/mol. The van der Waals surface area contributed by atoms with E-state index >= 15 is 0 Å². The predicted octanol–water partition coefficient (Wildman–Crippen LogP) is 18.9. The number of nitrogens with zero attached hydrogens (tertiary/aromatic N) is 2. The Kier molecular flexibility index (Phi) is 12.5. The Morgan fingerprint density at radius 2 is 0.529 bits per heavy atom. The minimum atomic E-state index is 0.645. The fraction of sp³-hybridized carbons (Fsp3) is 0. The van der Waals surface area contributed by atoms with Gasteiger partial charge in [-0.25, -0.2) is 0 Å². The summed E-state index contributed by atoms with van der Waals surface area (Å²) >= 11 is 0. The van der Waals surface area contributed by atoms with Gasteiger partial charge in [0.05, 0.1) is 22.7 Å². The van der Waals surface area contributed by atoms with Crippen molar-refractivity contribution >= 4 is 34.1 Å². The summed E-state index contributed by atoms with van der Waals surface area (Å²) in [5.74, 6) is 2.67. The molecule has 0 aliphatic carbocycles. The SMILES string of the molecule is c1ccc(-c2cc(Oc3cccc(Oc4cc(-c5ccccc5)cc(N(c5ccccc5)c5ccccc5-c5ccccc5)c4)c3)cc(N(c3ccccc3)c3ccccc3-c3ccccc3)c2)cc1. The number of ether oxygens (including phenoxy) is 2. The molecule has 334 valence electrons. The number of benzene rings is 11. The molecule has 0 aliphatic heterocycles. The third-order valence-electron chi connectivity index (χ3n) is 12.3. The van der Waals surface area contributed by atoms with Crippen molar-refractivity contribution in [3.05, 3.63) is 291 Å². The van der Waals surface area contributed by atoms with E-state index in [2.05, 4.69) is 265 Å². The number of anilines is 6. The smallest absolute Gasteiger partial charge is 0.131 e. The summed E-state index contributed by atoms with van der Waals surface area (Å²) < 4.78 is 13.8. The second kappa shape index (κ2) is 20.2. The second-order valence-electron chi connectivity index (χ2n) is 17.0. The summed E-state index contributed by atoms with van der Waals surface area (Å²) in [7, 11) is 0. The molecule has 0 amide bonds. The minimum absolute atomic E-state index is 0.645. The lowest BCUT2D eigenvalue weighted by molar-refractivity contribution is 0.460. The topological polar surface area (TPSA) is 24.9 Å². The zero-order valence-electron chi connectivity index (χ0n) is 38.4. The maximum Gasteiger partial charge on any atom is 0.131 e. The number of rotatable bonds is 14. The molecule has 0 N–H and O–H groups in total. The first-order valence-electron chi connectivity index (χ1n) is 23.6. The Hall–Kier alpha value is -9.38. The third kappa shape index (κ3) is 9.57. The van der Waals surface area contributed by atoms with Crippen LogP contribution in [-0.2, 0) is 0 Å². The van der Waals surface area contributed by atoms with E-state index in [9.17, 15) is 0 Å². The molecule has 0 heterocycles. The molecular weight excluding hydrogens is 853 g/mol. The van der Waals surface area contributed by atoms with Crippen molar-refractivity contribution < 1.29 is 9.47 Å². The van der Waals surface area contributed by atoms with E-state index < -0.39 is 0 Å². The maximum atomic E-state index is 6.91. The monoisotopic (exact) mass is 900 g/mol. The Labute approximate surface area is 410 Å². The van der Waals surface area contributed by atoms with Crippen LogP contribution in [0.25, 0.3) is 44.5 Å². The van der Waals surface area contributed by atoms with Gasteiger partial charge in [0, 0.05) is 40.7 Å². The third-order valence-corrected chi connectivity index (χ3v) is 12.3. The van der Waals surface area contributed by atoms with Gasteiger partial charge in [0.1, 0.15) is 23.0 Å². The summed E-state index contributed by atoms with van der Waals surface area (Å²) in [5.41, 5.74) is 14.8. The lowest BCUT2D eigenvalue weighted by atomic mass is 10.0. The van der Waals surface area contributed by atoms with Crippen LogP contribution in [0.5, 0.6) is 23.0 Å². The molecule has 0 radical (unpaired) electrons. The molecule has 0 unspecified atom stereocenters. The van der Waals surface area contributed by atoms with Crippen LogP contribution in [0.15, 0.2) is 291 Å². The molecule has 0 aliphatic rings. The summed E-state index contributed by atoms with van der Waals surface area (Å²) in [6, 6.07) is 101. The summed E-state index contributed by atoms with van der Waals surface area (Å²) in [4.78, 5) is 4.63. The first-order valence-corrected chi connectivity index (χ1v) is 23.6. The van der Waals surface area contributed by atoms with Crippen molar-refractivity contribution in [3.8, 4) is 67.5 Å². The molecule has 0 saturated carbocycles. The minimum Gasteiger partial charge on any atom is -0.457 e. The first kappa shape index (κ1) is 43.2.